The highest BCUT2D eigenvalue weighted by molar-refractivity contribution is 6.03. The Labute approximate surface area is 137 Å². The van der Waals surface area contributed by atoms with Crippen LogP contribution in [0.15, 0.2) is 73.4 Å². The van der Waals surface area contributed by atoms with Crippen LogP contribution in [-0.4, -0.2) is 25.4 Å². The second-order valence-corrected chi connectivity index (χ2v) is 5.20. The fourth-order valence-electron chi connectivity index (χ4n) is 2.44. The zero-order chi connectivity index (χ0) is 16.4. The molecule has 1 N–H and O–H groups in total. The van der Waals surface area contributed by atoms with Gasteiger partial charge in [-0.25, -0.2) is 9.97 Å². The van der Waals surface area contributed by atoms with Crippen molar-refractivity contribution in [2.45, 2.75) is 0 Å². The maximum Gasteiger partial charge on any atom is 0.257 e. The number of rotatable bonds is 3. The first-order chi connectivity index (χ1) is 11.8. The van der Waals surface area contributed by atoms with Crippen LogP contribution in [0.3, 0.4) is 0 Å². The number of hydrogen-bond acceptors (Lipinski definition) is 4. The molecule has 1 aromatic carbocycles. The van der Waals surface area contributed by atoms with Crippen LogP contribution in [0, 0.1) is 0 Å². The van der Waals surface area contributed by atoms with Crippen molar-refractivity contribution in [2.24, 2.45) is 0 Å². The monoisotopic (exact) mass is 315 g/mol. The molecule has 4 rings (SSSR count). The Hall–Kier alpha value is -3.54. The Morgan fingerprint density at radius 2 is 1.88 bits per heavy atom. The molecule has 3 heterocycles. The molecule has 0 saturated heterocycles. The topological polar surface area (TPSA) is 72.7 Å². The minimum absolute atomic E-state index is 0.217. The summed E-state index contributed by atoms with van der Waals surface area (Å²) in [6.45, 7) is 0. The number of carbonyl (C=O) groups excluding carboxylic acids is 1. The van der Waals surface area contributed by atoms with Crippen molar-refractivity contribution in [3.8, 4) is 5.82 Å². The zero-order valence-corrected chi connectivity index (χ0v) is 12.6. The molecule has 24 heavy (non-hydrogen) atoms. The number of amides is 1. The molecule has 0 saturated carbocycles. The highest BCUT2D eigenvalue weighted by Crippen LogP contribution is 2.17. The third kappa shape index (κ3) is 2.61. The lowest BCUT2D eigenvalue weighted by molar-refractivity contribution is 0.102. The number of imidazole rings is 1. The Kier molecular flexibility index (Phi) is 3.47. The molecule has 0 aliphatic rings. The Balaban J connectivity index is 1.58. The summed E-state index contributed by atoms with van der Waals surface area (Å²) in [6, 6.07) is 14.9. The van der Waals surface area contributed by atoms with E-state index in [4.69, 9.17) is 0 Å². The van der Waals surface area contributed by atoms with Gasteiger partial charge in [0.2, 0.25) is 0 Å². The number of para-hydroxylation sites is 2. The van der Waals surface area contributed by atoms with E-state index in [1.807, 2.05) is 41.0 Å². The average Bonchev–Trinajstić information content (AvgIpc) is 3.07. The lowest BCUT2D eigenvalue weighted by atomic mass is 10.2. The van der Waals surface area contributed by atoms with Crippen LogP contribution < -0.4 is 5.32 Å². The summed E-state index contributed by atoms with van der Waals surface area (Å²) < 4.78 is 1.90. The van der Waals surface area contributed by atoms with E-state index in [-0.39, 0.29) is 5.91 Å². The first-order valence-corrected chi connectivity index (χ1v) is 7.41. The molecule has 0 aliphatic carbocycles. The molecular formula is C18H13N5O. The van der Waals surface area contributed by atoms with Crippen molar-refractivity contribution in [1.82, 2.24) is 19.5 Å². The quantitative estimate of drug-likeness (QED) is 0.630. The van der Waals surface area contributed by atoms with Gasteiger partial charge in [0.15, 0.2) is 0 Å². The molecule has 0 bridgehead atoms. The molecule has 0 radical (unpaired) electrons. The molecule has 3 aromatic heterocycles. The summed E-state index contributed by atoms with van der Waals surface area (Å²) in [7, 11) is 0. The predicted molar refractivity (Wildman–Crippen MR) is 91.1 cm³/mol. The maximum atomic E-state index is 12.1. The molecule has 4 aromatic rings. The Morgan fingerprint density at radius 1 is 0.958 bits per heavy atom. The van der Waals surface area contributed by atoms with Crippen LogP contribution in [0.2, 0.25) is 0 Å². The number of hydrogen-bond donors (Lipinski definition) is 1. The van der Waals surface area contributed by atoms with E-state index in [1.54, 1.807) is 30.9 Å². The predicted octanol–water partition coefficient (Wildman–Crippen LogP) is 3.07. The van der Waals surface area contributed by atoms with E-state index in [0.29, 0.717) is 11.3 Å². The van der Waals surface area contributed by atoms with Crippen molar-refractivity contribution in [3.05, 3.63) is 79.0 Å². The van der Waals surface area contributed by atoms with Gasteiger partial charge in [0, 0.05) is 12.4 Å². The van der Waals surface area contributed by atoms with Gasteiger partial charge < -0.3 is 5.32 Å². The van der Waals surface area contributed by atoms with Gasteiger partial charge in [0.05, 0.1) is 28.5 Å². The molecule has 0 fully saturated rings. The molecule has 6 heteroatoms. The summed E-state index contributed by atoms with van der Waals surface area (Å²) in [4.78, 5) is 24.8. The van der Waals surface area contributed by atoms with Crippen LogP contribution in [0.1, 0.15) is 10.4 Å². The van der Waals surface area contributed by atoms with Gasteiger partial charge in [-0.05, 0) is 36.4 Å². The molecule has 116 valence electrons. The second-order valence-electron chi connectivity index (χ2n) is 5.20. The van der Waals surface area contributed by atoms with E-state index in [2.05, 4.69) is 20.3 Å². The van der Waals surface area contributed by atoms with Gasteiger partial charge in [0.25, 0.3) is 5.91 Å². The average molecular weight is 315 g/mol. The van der Waals surface area contributed by atoms with Gasteiger partial charge in [-0.3, -0.25) is 14.3 Å². The summed E-state index contributed by atoms with van der Waals surface area (Å²) in [5.41, 5.74) is 3.02. The Bertz CT molecular complexity index is 993. The van der Waals surface area contributed by atoms with Crippen LogP contribution in [0.5, 0.6) is 0 Å². The molecule has 1 amide bonds. The molecular weight excluding hydrogens is 302 g/mol. The van der Waals surface area contributed by atoms with Gasteiger partial charge >= 0.3 is 0 Å². The van der Waals surface area contributed by atoms with Crippen molar-refractivity contribution in [3.63, 3.8) is 0 Å². The number of fused-ring (bicyclic) bond motifs is 1. The SMILES string of the molecule is O=C(Nc1ccc(-n2cnc3ccccc32)nc1)c1cccnc1. The maximum absolute atomic E-state index is 12.1. The number of carbonyl (C=O) groups is 1. The van der Waals surface area contributed by atoms with Crippen molar-refractivity contribution >= 4 is 22.6 Å². The van der Waals surface area contributed by atoms with Crippen LogP contribution >= 0.6 is 0 Å². The van der Waals surface area contributed by atoms with Gasteiger partial charge in [-0.1, -0.05) is 12.1 Å². The zero-order valence-electron chi connectivity index (χ0n) is 12.6. The van der Waals surface area contributed by atoms with Crippen LogP contribution in [0.25, 0.3) is 16.9 Å². The smallest absolute Gasteiger partial charge is 0.257 e. The molecule has 0 spiro atoms. The molecule has 0 unspecified atom stereocenters. The third-order valence-corrected chi connectivity index (χ3v) is 3.63. The fourth-order valence-corrected chi connectivity index (χ4v) is 2.44. The number of nitrogens with zero attached hydrogens (tertiary/aromatic N) is 4. The van der Waals surface area contributed by atoms with E-state index >= 15 is 0 Å². The number of aromatic nitrogens is 4. The summed E-state index contributed by atoms with van der Waals surface area (Å²) in [5.74, 6) is 0.522. The number of nitrogens with one attached hydrogen (secondary N) is 1. The van der Waals surface area contributed by atoms with E-state index in [0.717, 1.165) is 16.9 Å². The van der Waals surface area contributed by atoms with Crippen molar-refractivity contribution in [2.75, 3.05) is 5.32 Å². The van der Waals surface area contributed by atoms with E-state index < -0.39 is 0 Å². The van der Waals surface area contributed by atoms with E-state index in [9.17, 15) is 4.79 Å². The second kappa shape index (κ2) is 5.92. The molecule has 0 atom stereocenters. The summed E-state index contributed by atoms with van der Waals surface area (Å²) >= 11 is 0. The van der Waals surface area contributed by atoms with Crippen molar-refractivity contribution in [1.29, 1.82) is 0 Å². The Morgan fingerprint density at radius 3 is 2.67 bits per heavy atom. The first-order valence-electron chi connectivity index (χ1n) is 7.41. The molecule has 6 nitrogen and oxygen atoms in total. The van der Waals surface area contributed by atoms with Gasteiger partial charge in [-0.2, -0.15) is 0 Å². The van der Waals surface area contributed by atoms with Crippen LogP contribution in [-0.2, 0) is 0 Å². The first kappa shape index (κ1) is 14.1. The fraction of sp³-hybridized carbons (Fsp3) is 0. The minimum atomic E-state index is -0.217. The summed E-state index contributed by atoms with van der Waals surface area (Å²) in [6.07, 6.45) is 6.51. The standard InChI is InChI=1S/C18H13N5O/c24-18(13-4-3-9-19-10-13)22-14-7-8-17(20-11-14)23-12-21-15-5-1-2-6-16(15)23/h1-12H,(H,22,24). The van der Waals surface area contributed by atoms with E-state index in [1.165, 1.54) is 6.20 Å². The minimum Gasteiger partial charge on any atom is -0.321 e. The highest BCUT2D eigenvalue weighted by Gasteiger charge is 2.08. The largest absolute Gasteiger partial charge is 0.321 e. The number of pyridine rings is 2. The normalized spacial score (nSPS) is 10.7. The highest BCUT2D eigenvalue weighted by atomic mass is 16.1. The van der Waals surface area contributed by atoms with Gasteiger partial charge in [-0.15, -0.1) is 0 Å². The van der Waals surface area contributed by atoms with Crippen molar-refractivity contribution < 1.29 is 4.79 Å². The van der Waals surface area contributed by atoms with Gasteiger partial charge in [0.1, 0.15) is 12.1 Å². The third-order valence-electron chi connectivity index (χ3n) is 3.63. The number of benzene rings is 1. The van der Waals surface area contributed by atoms with Crippen LogP contribution in [0.4, 0.5) is 5.69 Å². The lowest BCUT2D eigenvalue weighted by Crippen LogP contribution is -2.12. The molecule has 0 aliphatic heterocycles. The number of anilines is 1. The lowest BCUT2D eigenvalue weighted by Gasteiger charge is -2.07. The summed E-state index contributed by atoms with van der Waals surface area (Å²) in [5, 5.41) is 2.80.